The molecule has 1 aliphatic rings. The molecule has 0 radical (unpaired) electrons. The van der Waals surface area contributed by atoms with Crippen molar-refractivity contribution in [1.29, 1.82) is 0 Å². The van der Waals surface area contributed by atoms with Gasteiger partial charge in [-0.3, -0.25) is 19.7 Å². The predicted molar refractivity (Wildman–Crippen MR) is 111 cm³/mol. The van der Waals surface area contributed by atoms with Gasteiger partial charge in [-0.25, -0.2) is 0 Å². The number of Topliss-reactive ketones (excluding diaryl/α,β-unsaturated/α-hetero) is 1. The zero-order chi connectivity index (χ0) is 22.1. The number of hydrogen-bond acceptors (Lipinski definition) is 6. The number of furan rings is 1. The number of rotatable bonds is 5. The van der Waals surface area contributed by atoms with Crippen molar-refractivity contribution in [3.05, 3.63) is 105 Å². The van der Waals surface area contributed by atoms with Crippen LogP contribution in [0.3, 0.4) is 0 Å². The van der Waals surface area contributed by atoms with Crippen molar-refractivity contribution < 1.29 is 24.0 Å². The van der Waals surface area contributed by atoms with Crippen molar-refractivity contribution in [2.75, 3.05) is 0 Å². The van der Waals surface area contributed by atoms with E-state index in [-0.39, 0.29) is 23.4 Å². The highest BCUT2D eigenvalue weighted by atomic mass is 35.5. The van der Waals surface area contributed by atoms with E-state index < -0.39 is 28.4 Å². The highest BCUT2D eigenvalue weighted by Gasteiger charge is 2.47. The number of carbonyl (C=O) groups excluding carboxylic acids is 2. The van der Waals surface area contributed by atoms with Crippen LogP contribution in [-0.2, 0) is 16.1 Å². The Kier molecular flexibility index (Phi) is 5.31. The van der Waals surface area contributed by atoms with Gasteiger partial charge in [0, 0.05) is 22.7 Å². The maximum absolute atomic E-state index is 13.0. The summed E-state index contributed by atoms with van der Waals surface area (Å²) < 4.78 is 5.32. The van der Waals surface area contributed by atoms with E-state index in [0.29, 0.717) is 16.3 Å². The molecule has 0 aliphatic carbocycles. The van der Waals surface area contributed by atoms with Crippen LogP contribution in [0.2, 0.25) is 5.02 Å². The minimum atomic E-state index is -1.00. The molecule has 2 aromatic carbocycles. The van der Waals surface area contributed by atoms with Crippen molar-refractivity contribution in [3.8, 4) is 0 Å². The number of nitro benzene ring substituents is 1. The maximum atomic E-state index is 13.0. The quantitative estimate of drug-likeness (QED) is 0.207. The van der Waals surface area contributed by atoms with Crippen molar-refractivity contribution >= 4 is 34.7 Å². The lowest BCUT2D eigenvalue weighted by Crippen LogP contribution is -2.29. The number of ketones is 1. The third-order valence-corrected chi connectivity index (χ3v) is 5.32. The Bertz CT molecular complexity index is 1220. The topological polar surface area (TPSA) is 114 Å². The number of non-ortho nitro benzene ring substituents is 1. The maximum Gasteiger partial charge on any atom is 0.296 e. The summed E-state index contributed by atoms with van der Waals surface area (Å²) in [5, 5.41) is 22.4. The molecule has 9 heteroatoms. The Morgan fingerprint density at radius 2 is 1.90 bits per heavy atom. The monoisotopic (exact) mass is 438 g/mol. The Balaban J connectivity index is 1.90. The van der Waals surface area contributed by atoms with Crippen molar-refractivity contribution in [2.24, 2.45) is 0 Å². The SMILES string of the molecule is O=C1C(=O)N(Cc2ccco2)C(c2ccccc2Cl)C1=C(O)c1cccc([N+](=O)[O-])c1. The standard InChI is InChI=1S/C22H15ClN2O6/c23-17-9-2-1-8-16(17)19-18(20(26)13-5-3-6-14(11-13)25(29)30)21(27)22(28)24(19)12-15-7-4-10-31-15/h1-11,19,26H,12H2. The number of aliphatic hydroxyl groups is 1. The third kappa shape index (κ3) is 3.69. The van der Waals surface area contributed by atoms with E-state index in [1.807, 2.05) is 0 Å². The second-order valence-corrected chi connectivity index (χ2v) is 7.24. The summed E-state index contributed by atoms with van der Waals surface area (Å²) in [6, 6.07) is 14.2. The van der Waals surface area contributed by atoms with Gasteiger partial charge in [-0.05, 0) is 23.8 Å². The molecule has 8 nitrogen and oxygen atoms in total. The number of amides is 1. The van der Waals surface area contributed by atoms with Crippen LogP contribution in [0.1, 0.15) is 22.9 Å². The lowest BCUT2D eigenvalue weighted by molar-refractivity contribution is -0.384. The molecule has 0 spiro atoms. The molecular formula is C22H15ClN2O6. The van der Waals surface area contributed by atoms with Gasteiger partial charge in [0.15, 0.2) is 0 Å². The van der Waals surface area contributed by atoms with Gasteiger partial charge in [-0.1, -0.05) is 41.9 Å². The molecule has 3 aromatic rings. The van der Waals surface area contributed by atoms with Gasteiger partial charge in [-0.2, -0.15) is 0 Å². The fourth-order valence-corrected chi connectivity index (χ4v) is 3.80. The largest absolute Gasteiger partial charge is 0.507 e. The number of carbonyl (C=O) groups is 2. The average molecular weight is 439 g/mol. The van der Waals surface area contributed by atoms with Gasteiger partial charge in [0.05, 0.1) is 29.3 Å². The zero-order valence-electron chi connectivity index (χ0n) is 15.9. The number of nitrogens with zero attached hydrogens (tertiary/aromatic N) is 2. The van der Waals surface area contributed by atoms with Gasteiger partial charge >= 0.3 is 0 Å². The van der Waals surface area contributed by atoms with Gasteiger partial charge in [0.25, 0.3) is 17.4 Å². The smallest absolute Gasteiger partial charge is 0.296 e. The van der Waals surface area contributed by atoms with E-state index in [0.717, 1.165) is 6.07 Å². The summed E-state index contributed by atoms with van der Waals surface area (Å²) in [6.45, 7) is -0.0286. The highest BCUT2D eigenvalue weighted by molar-refractivity contribution is 6.46. The molecule has 1 aromatic heterocycles. The molecule has 1 saturated heterocycles. The molecule has 1 N–H and O–H groups in total. The van der Waals surface area contributed by atoms with Crippen LogP contribution in [0.15, 0.2) is 76.9 Å². The summed E-state index contributed by atoms with van der Waals surface area (Å²) in [5.41, 5.74) is 0.0115. The number of likely N-dealkylation sites (tertiary alicyclic amines) is 1. The van der Waals surface area contributed by atoms with Crippen LogP contribution in [-0.4, -0.2) is 26.6 Å². The van der Waals surface area contributed by atoms with E-state index in [1.54, 1.807) is 36.4 Å². The Hall–Kier alpha value is -3.91. The van der Waals surface area contributed by atoms with Crippen LogP contribution in [0.4, 0.5) is 5.69 Å². The number of benzene rings is 2. The first-order valence-electron chi connectivity index (χ1n) is 9.18. The van der Waals surface area contributed by atoms with Crippen molar-refractivity contribution in [3.63, 3.8) is 0 Å². The Labute approximate surface area is 181 Å². The van der Waals surface area contributed by atoms with Crippen molar-refractivity contribution in [1.82, 2.24) is 4.90 Å². The van der Waals surface area contributed by atoms with Gasteiger partial charge < -0.3 is 14.4 Å². The van der Waals surface area contributed by atoms with Crippen LogP contribution < -0.4 is 0 Å². The van der Waals surface area contributed by atoms with Crippen LogP contribution in [0.5, 0.6) is 0 Å². The molecule has 0 saturated carbocycles. The van der Waals surface area contributed by atoms with Crippen molar-refractivity contribution in [2.45, 2.75) is 12.6 Å². The number of hydrogen-bond donors (Lipinski definition) is 1. The molecular weight excluding hydrogens is 424 g/mol. The predicted octanol–water partition coefficient (Wildman–Crippen LogP) is 4.46. The molecule has 1 atom stereocenters. The normalized spacial score (nSPS) is 17.8. The number of aliphatic hydroxyl groups excluding tert-OH is 1. The second kappa shape index (κ2) is 8.08. The van der Waals surface area contributed by atoms with E-state index in [9.17, 15) is 24.8 Å². The van der Waals surface area contributed by atoms with Gasteiger partial charge in [0.2, 0.25) is 0 Å². The lowest BCUT2D eigenvalue weighted by Gasteiger charge is -2.25. The first-order valence-corrected chi connectivity index (χ1v) is 9.56. The molecule has 1 aliphatic heterocycles. The lowest BCUT2D eigenvalue weighted by atomic mass is 9.95. The average Bonchev–Trinajstić information content (AvgIpc) is 3.36. The second-order valence-electron chi connectivity index (χ2n) is 6.84. The number of halogens is 1. The summed E-state index contributed by atoms with van der Waals surface area (Å²) in [7, 11) is 0. The highest BCUT2D eigenvalue weighted by Crippen LogP contribution is 2.42. The Morgan fingerprint density at radius 1 is 1.13 bits per heavy atom. The van der Waals surface area contributed by atoms with E-state index in [4.69, 9.17) is 16.0 Å². The first-order chi connectivity index (χ1) is 14.9. The zero-order valence-corrected chi connectivity index (χ0v) is 16.7. The van der Waals surface area contributed by atoms with Crippen LogP contribution in [0.25, 0.3) is 5.76 Å². The molecule has 31 heavy (non-hydrogen) atoms. The van der Waals surface area contributed by atoms with E-state index >= 15 is 0 Å². The van der Waals surface area contributed by atoms with Crippen LogP contribution >= 0.6 is 11.6 Å². The summed E-state index contributed by atoms with van der Waals surface area (Å²) in [5.74, 6) is -1.84. The molecule has 4 rings (SSSR count). The molecule has 2 heterocycles. The fraction of sp³-hybridized carbons (Fsp3) is 0.0909. The third-order valence-electron chi connectivity index (χ3n) is 4.98. The number of nitro groups is 1. The van der Waals surface area contributed by atoms with Crippen LogP contribution in [0, 0.1) is 10.1 Å². The van der Waals surface area contributed by atoms with E-state index in [1.165, 1.54) is 29.4 Å². The minimum absolute atomic E-state index is 0.0286. The molecule has 0 bridgehead atoms. The van der Waals surface area contributed by atoms with Gasteiger partial charge in [-0.15, -0.1) is 0 Å². The molecule has 1 unspecified atom stereocenters. The van der Waals surface area contributed by atoms with Gasteiger partial charge in [0.1, 0.15) is 11.5 Å². The van der Waals surface area contributed by atoms with E-state index in [2.05, 4.69) is 0 Å². The molecule has 156 valence electrons. The summed E-state index contributed by atoms with van der Waals surface area (Å²) in [4.78, 5) is 37.6. The minimum Gasteiger partial charge on any atom is -0.507 e. The fourth-order valence-electron chi connectivity index (χ4n) is 3.56. The first kappa shape index (κ1) is 20.4. The molecule has 1 amide bonds. The summed E-state index contributed by atoms with van der Waals surface area (Å²) >= 11 is 6.36. The summed E-state index contributed by atoms with van der Waals surface area (Å²) in [6.07, 6.45) is 1.44. The Morgan fingerprint density at radius 3 is 2.58 bits per heavy atom. The molecule has 1 fully saturated rings.